The van der Waals surface area contributed by atoms with Gasteiger partial charge in [-0.05, 0) is 18.6 Å². The largest absolute Gasteiger partial charge is 0.478 e. The fraction of sp³-hybridized carbons (Fsp3) is 0.429. The number of carboxylic acids is 1. The van der Waals surface area contributed by atoms with E-state index in [1.54, 1.807) is 18.2 Å². The summed E-state index contributed by atoms with van der Waals surface area (Å²) in [6.07, 6.45) is 1.43. The first-order valence-corrected chi connectivity index (χ1v) is 7.02. The molecule has 0 saturated carbocycles. The van der Waals surface area contributed by atoms with Crippen molar-refractivity contribution in [2.45, 2.75) is 18.9 Å². The lowest BCUT2D eigenvalue weighted by atomic mass is 10.1. The van der Waals surface area contributed by atoms with Crippen LogP contribution >= 0.6 is 11.6 Å². The quantitative estimate of drug-likeness (QED) is 0.904. The molecular weight excluding hydrogens is 280 g/mol. The standard InChI is InChI=1S/C14H15ClN2O3/c15-11-3-1-2-10(14(19)20)13(11)16-6-7-17-9(8-16)4-5-12(17)18/h1-3,9H,4-8H2,(H,19,20). The number of hydrogen-bond acceptors (Lipinski definition) is 3. The molecule has 1 atom stereocenters. The highest BCUT2D eigenvalue weighted by Crippen LogP contribution is 2.33. The second kappa shape index (κ2) is 4.98. The molecule has 1 aromatic rings. The number of aromatic carboxylic acids is 1. The molecule has 0 aliphatic carbocycles. The Labute approximate surface area is 121 Å². The number of carboxylic acid groups (broad SMARTS) is 1. The van der Waals surface area contributed by atoms with Crippen LogP contribution in [-0.2, 0) is 4.79 Å². The fourth-order valence-electron chi connectivity index (χ4n) is 3.08. The van der Waals surface area contributed by atoms with Crippen LogP contribution in [-0.4, -0.2) is 47.6 Å². The van der Waals surface area contributed by atoms with Crippen molar-refractivity contribution in [3.8, 4) is 0 Å². The third kappa shape index (κ3) is 2.12. The first-order chi connectivity index (χ1) is 9.58. The van der Waals surface area contributed by atoms with Gasteiger partial charge in [0.2, 0.25) is 5.91 Å². The molecule has 0 radical (unpaired) electrons. The highest BCUT2D eigenvalue weighted by Gasteiger charge is 2.36. The summed E-state index contributed by atoms with van der Waals surface area (Å²) in [4.78, 5) is 26.9. The van der Waals surface area contributed by atoms with Crippen LogP contribution in [0.15, 0.2) is 18.2 Å². The molecular formula is C14H15ClN2O3. The monoisotopic (exact) mass is 294 g/mol. The van der Waals surface area contributed by atoms with Crippen molar-refractivity contribution in [2.75, 3.05) is 24.5 Å². The maximum atomic E-state index is 11.7. The zero-order chi connectivity index (χ0) is 14.3. The summed E-state index contributed by atoms with van der Waals surface area (Å²) in [6, 6.07) is 5.09. The predicted molar refractivity (Wildman–Crippen MR) is 75.4 cm³/mol. The average molecular weight is 295 g/mol. The normalized spacial score (nSPS) is 22.1. The van der Waals surface area contributed by atoms with Crippen molar-refractivity contribution in [1.29, 1.82) is 0 Å². The molecule has 106 valence electrons. The van der Waals surface area contributed by atoms with Crippen LogP contribution < -0.4 is 4.90 Å². The molecule has 0 aromatic heterocycles. The van der Waals surface area contributed by atoms with Crippen molar-refractivity contribution in [2.24, 2.45) is 0 Å². The van der Waals surface area contributed by atoms with Crippen molar-refractivity contribution in [1.82, 2.24) is 4.90 Å². The van der Waals surface area contributed by atoms with Gasteiger partial charge >= 0.3 is 5.97 Å². The van der Waals surface area contributed by atoms with Crippen LogP contribution in [0.3, 0.4) is 0 Å². The molecule has 3 rings (SSSR count). The van der Waals surface area contributed by atoms with Crippen LogP contribution in [0.4, 0.5) is 5.69 Å². The van der Waals surface area contributed by atoms with Crippen LogP contribution in [0.25, 0.3) is 0 Å². The van der Waals surface area contributed by atoms with Gasteiger partial charge in [0.15, 0.2) is 0 Å². The number of hydrogen-bond donors (Lipinski definition) is 1. The topological polar surface area (TPSA) is 60.9 Å². The fourth-order valence-corrected chi connectivity index (χ4v) is 3.37. The van der Waals surface area contributed by atoms with Crippen molar-refractivity contribution in [3.63, 3.8) is 0 Å². The van der Waals surface area contributed by atoms with E-state index in [-0.39, 0.29) is 17.5 Å². The van der Waals surface area contributed by atoms with E-state index in [4.69, 9.17) is 11.6 Å². The minimum atomic E-state index is -0.979. The molecule has 1 N–H and O–H groups in total. The van der Waals surface area contributed by atoms with Gasteiger partial charge in [0, 0.05) is 32.1 Å². The Bertz CT molecular complexity index is 576. The summed E-state index contributed by atoms with van der Waals surface area (Å²) in [7, 11) is 0. The molecule has 2 saturated heterocycles. The lowest BCUT2D eigenvalue weighted by molar-refractivity contribution is -0.129. The predicted octanol–water partition coefficient (Wildman–Crippen LogP) is 1.85. The van der Waals surface area contributed by atoms with E-state index in [1.165, 1.54) is 0 Å². The molecule has 5 nitrogen and oxygen atoms in total. The van der Waals surface area contributed by atoms with Crippen LogP contribution in [0.5, 0.6) is 0 Å². The number of halogens is 1. The van der Waals surface area contributed by atoms with E-state index < -0.39 is 5.97 Å². The summed E-state index contributed by atoms with van der Waals surface area (Å²) in [5.74, 6) is -0.778. The average Bonchev–Trinajstić information content (AvgIpc) is 2.79. The van der Waals surface area contributed by atoms with Crippen LogP contribution in [0.1, 0.15) is 23.2 Å². The zero-order valence-corrected chi connectivity index (χ0v) is 11.6. The molecule has 2 fully saturated rings. The van der Waals surface area contributed by atoms with E-state index in [0.717, 1.165) is 6.42 Å². The van der Waals surface area contributed by atoms with Gasteiger partial charge in [-0.2, -0.15) is 0 Å². The van der Waals surface area contributed by atoms with E-state index in [2.05, 4.69) is 0 Å². The third-order valence-corrected chi connectivity index (χ3v) is 4.33. The van der Waals surface area contributed by atoms with Gasteiger partial charge in [0.1, 0.15) is 0 Å². The van der Waals surface area contributed by atoms with Crippen molar-refractivity contribution >= 4 is 29.2 Å². The van der Waals surface area contributed by atoms with Crippen LogP contribution in [0, 0.1) is 0 Å². The van der Waals surface area contributed by atoms with E-state index in [1.807, 2.05) is 9.80 Å². The molecule has 0 bridgehead atoms. The van der Waals surface area contributed by atoms with E-state index >= 15 is 0 Å². The molecule has 6 heteroatoms. The Kier molecular flexibility index (Phi) is 3.30. The Morgan fingerprint density at radius 3 is 2.90 bits per heavy atom. The molecule has 0 spiro atoms. The number of rotatable bonds is 2. The number of carbonyl (C=O) groups excluding carboxylic acids is 1. The molecule has 2 aliphatic rings. The second-order valence-corrected chi connectivity index (χ2v) is 5.57. The first-order valence-electron chi connectivity index (χ1n) is 6.64. The number of piperazine rings is 1. The lowest BCUT2D eigenvalue weighted by Crippen LogP contribution is -2.51. The number of fused-ring (bicyclic) bond motifs is 1. The van der Waals surface area contributed by atoms with Gasteiger partial charge in [-0.3, -0.25) is 4.79 Å². The molecule has 1 amide bonds. The summed E-state index contributed by atoms with van der Waals surface area (Å²) in [5.41, 5.74) is 0.788. The molecule has 1 aromatic carbocycles. The Morgan fingerprint density at radius 2 is 2.15 bits per heavy atom. The summed E-state index contributed by atoms with van der Waals surface area (Å²) >= 11 is 6.19. The van der Waals surface area contributed by atoms with Gasteiger partial charge in [-0.25, -0.2) is 4.79 Å². The maximum Gasteiger partial charge on any atom is 0.337 e. The highest BCUT2D eigenvalue weighted by molar-refractivity contribution is 6.34. The Balaban J connectivity index is 1.91. The van der Waals surface area contributed by atoms with Gasteiger partial charge in [0.05, 0.1) is 16.3 Å². The molecule has 20 heavy (non-hydrogen) atoms. The Hall–Kier alpha value is -1.75. The number of amides is 1. The molecule has 2 heterocycles. The Morgan fingerprint density at radius 1 is 1.35 bits per heavy atom. The maximum absolute atomic E-state index is 11.7. The molecule has 2 aliphatic heterocycles. The number of carbonyl (C=O) groups is 2. The number of benzene rings is 1. The summed E-state index contributed by atoms with van der Waals surface area (Å²) in [6.45, 7) is 1.90. The summed E-state index contributed by atoms with van der Waals surface area (Å²) < 4.78 is 0. The van der Waals surface area contributed by atoms with E-state index in [9.17, 15) is 14.7 Å². The van der Waals surface area contributed by atoms with Gasteiger partial charge in [-0.15, -0.1) is 0 Å². The van der Waals surface area contributed by atoms with Crippen LogP contribution in [0.2, 0.25) is 5.02 Å². The minimum absolute atomic E-state index is 0.175. The minimum Gasteiger partial charge on any atom is -0.478 e. The van der Waals surface area contributed by atoms with Gasteiger partial charge in [-0.1, -0.05) is 17.7 Å². The van der Waals surface area contributed by atoms with E-state index in [0.29, 0.717) is 36.8 Å². The van der Waals surface area contributed by atoms with Gasteiger partial charge < -0.3 is 14.9 Å². The van der Waals surface area contributed by atoms with Crippen molar-refractivity contribution in [3.05, 3.63) is 28.8 Å². The smallest absolute Gasteiger partial charge is 0.337 e. The lowest BCUT2D eigenvalue weighted by Gasteiger charge is -2.39. The summed E-state index contributed by atoms with van der Waals surface area (Å²) in [5, 5.41) is 9.75. The SMILES string of the molecule is O=C(O)c1cccc(Cl)c1N1CCN2C(=O)CCC2C1. The third-order valence-electron chi connectivity index (χ3n) is 4.03. The second-order valence-electron chi connectivity index (χ2n) is 5.17. The van der Waals surface area contributed by atoms with Gasteiger partial charge in [0.25, 0.3) is 0 Å². The first kappa shape index (κ1) is 13.2. The number of anilines is 1. The molecule has 1 unspecified atom stereocenters. The van der Waals surface area contributed by atoms with Crippen molar-refractivity contribution < 1.29 is 14.7 Å². The number of nitrogens with zero attached hydrogens (tertiary/aromatic N) is 2. The highest BCUT2D eigenvalue weighted by atomic mass is 35.5. The zero-order valence-electron chi connectivity index (χ0n) is 10.9. The number of para-hydroxylation sites is 1.